The van der Waals surface area contributed by atoms with E-state index in [0.29, 0.717) is 4.88 Å². The summed E-state index contributed by atoms with van der Waals surface area (Å²) >= 11 is 2.82. The van der Waals surface area contributed by atoms with Crippen LogP contribution in [0.5, 0.6) is 0 Å². The fourth-order valence-corrected chi connectivity index (χ4v) is 3.98. The maximum absolute atomic E-state index is 11.1. The summed E-state index contributed by atoms with van der Waals surface area (Å²) in [6, 6.07) is 11.8. The second-order valence-electron chi connectivity index (χ2n) is 4.20. The minimum Gasteiger partial charge on any atom is -0.477 e. The average Bonchev–Trinajstić information content (AvgIpc) is 2.93. The van der Waals surface area contributed by atoms with E-state index in [1.807, 2.05) is 41.8 Å². The molecule has 0 amide bonds. The van der Waals surface area contributed by atoms with Gasteiger partial charge in [0, 0.05) is 22.2 Å². The Hall–Kier alpha value is -1.85. The van der Waals surface area contributed by atoms with E-state index in [2.05, 4.69) is 4.98 Å². The Balaban J connectivity index is 1.87. The molecule has 5 heteroatoms. The van der Waals surface area contributed by atoms with Crippen LogP contribution in [0.1, 0.15) is 15.2 Å². The lowest BCUT2D eigenvalue weighted by Gasteiger charge is -2.05. The molecule has 0 bridgehead atoms. The molecule has 1 aromatic carbocycles. The molecular weight excluding hydrogens is 290 g/mol. The quantitative estimate of drug-likeness (QED) is 0.730. The van der Waals surface area contributed by atoms with Gasteiger partial charge in [-0.25, -0.2) is 4.79 Å². The lowest BCUT2D eigenvalue weighted by Crippen LogP contribution is -1.94. The summed E-state index contributed by atoms with van der Waals surface area (Å²) in [6.45, 7) is 0. The molecule has 2 heterocycles. The second kappa shape index (κ2) is 5.64. The van der Waals surface area contributed by atoms with Crippen LogP contribution in [0.15, 0.2) is 52.9 Å². The third kappa shape index (κ3) is 2.55. The number of thioether (sulfide) groups is 1. The smallest absolute Gasteiger partial charge is 0.347 e. The number of carbonyl (C=O) groups is 1. The molecule has 0 aliphatic heterocycles. The highest BCUT2D eigenvalue weighted by Gasteiger charge is 2.12. The van der Waals surface area contributed by atoms with Crippen LogP contribution in [-0.2, 0) is 5.75 Å². The first-order valence-electron chi connectivity index (χ1n) is 6.02. The van der Waals surface area contributed by atoms with Crippen LogP contribution in [0.2, 0.25) is 0 Å². The van der Waals surface area contributed by atoms with Gasteiger partial charge in [-0.15, -0.1) is 23.1 Å². The first kappa shape index (κ1) is 13.1. The summed E-state index contributed by atoms with van der Waals surface area (Å²) in [6.07, 6.45) is 1.80. The van der Waals surface area contributed by atoms with Gasteiger partial charge in [0.1, 0.15) is 4.88 Å². The predicted molar refractivity (Wildman–Crippen MR) is 82.6 cm³/mol. The monoisotopic (exact) mass is 301 g/mol. The third-order valence-electron chi connectivity index (χ3n) is 2.95. The van der Waals surface area contributed by atoms with Crippen molar-refractivity contribution in [2.24, 2.45) is 0 Å². The Bertz CT molecular complexity index is 762. The molecule has 0 atom stereocenters. The van der Waals surface area contributed by atoms with Crippen molar-refractivity contribution < 1.29 is 9.90 Å². The van der Waals surface area contributed by atoms with E-state index in [9.17, 15) is 4.79 Å². The molecule has 100 valence electrons. The van der Waals surface area contributed by atoms with Crippen molar-refractivity contribution in [3.8, 4) is 0 Å². The van der Waals surface area contributed by atoms with Crippen molar-refractivity contribution in [2.45, 2.75) is 10.6 Å². The van der Waals surface area contributed by atoms with Crippen LogP contribution in [-0.4, -0.2) is 16.1 Å². The van der Waals surface area contributed by atoms with Crippen LogP contribution < -0.4 is 0 Å². The van der Waals surface area contributed by atoms with E-state index in [0.717, 1.165) is 21.6 Å². The van der Waals surface area contributed by atoms with Crippen LogP contribution in [0.3, 0.4) is 0 Å². The average molecular weight is 301 g/mol. The van der Waals surface area contributed by atoms with Crippen LogP contribution >= 0.6 is 23.1 Å². The molecule has 0 saturated carbocycles. The van der Waals surface area contributed by atoms with Crippen molar-refractivity contribution in [3.05, 3.63) is 58.4 Å². The maximum atomic E-state index is 11.1. The van der Waals surface area contributed by atoms with Crippen molar-refractivity contribution in [1.82, 2.24) is 4.98 Å². The number of hydrogen-bond acceptors (Lipinski definition) is 4. The minimum atomic E-state index is -0.859. The van der Waals surface area contributed by atoms with Gasteiger partial charge < -0.3 is 5.11 Å². The zero-order valence-electron chi connectivity index (χ0n) is 10.4. The Morgan fingerprint density at radius 2 is 2.10 bits per heavy atom. The Kier molecular flexibility index (Phi) is 3.71. The Morgan fingerprint density at radius 3 is 2.95 bits per heavy atom. The van der Waals surface area contributed by atoms with Gasteiger partial charge in [-0.1, -0.05) is 18.2 Å². The molecule has 3 aromatic rings. The number of hydrogen-bond donors (Lipinski definition) is 1. The SMILES string of the molecule is O=C(O)c1sccc1SCc1ccnc2ccccc12. The van der Waals surface area contributed by atoms with Gasteiger partial charge in [0.25, 0.3) is 0 Å². The second-order valence-corrected chi connectivity index (χ2v) is 6.13. The maximum Gasteiger partial charge on any atom is 0.347 e. The molecule has 1 N–H and O–H groups in total. The molecule has 0 fully saturated rings. The number of aromatic carboxylic acids is 1. The Labute approximate surface area is 124 Å². The van der Waals surface area contributed by atoms with Crippen LogP contribution in [0, 0.1) is 0 Å². The number of carboxylic acids is 1. The molecule has 3 nitrogen and oxygen atoms in total. The lowest BCUT2D eigenvalue weighted by molar-refractivity contribution is 0.0699. The van der Waals surface area contributed by atoms with Gasteiger partial charge in [0.15, 0.2) is 0 Å². The summed E-state index contributed by atoms with van der Waals surface area (Å²) in [5.74, 6) is -0.123. The fraction of sp³-hybridized carbons (Fsp3) is 0.0667. The molecular formula is C15H11NO2S2. The van der Waals surface area contributed by atoms with Crippen LogP contribution in [0.4, 0.5) is 0 Å². The van der Waals surface area contributed by atoms with E-state index in [-0.39, 0.29) is 0 Å². The largest absolute Gasteiger partial charge is 0.477 e. The number of rotatable bonds is 4. The zero-order chi connectivity index (χ0) is 13.9. The molecule has 3 rings (SSSR count). The summed E-state index contributed by atoms with van der Waals surface area (Å²) in [7, 11) is 0. The van der Waals surface area contributed by atoms with Crippen molar-refractivity contribution in [1.29, 1.82) is 0 Å². The highest BCUT2D eigenvalue weighted by atomic mass is 32.2. The van der Waals surface area contributed by atoms with Gasteiger partial charge in [-0.2, -0.15) is 0 Å². The van der Waals surface area contributed by atoms with Gasteiger partial charge in [-0.05, 0) is 29.1 Å². The number of thiophene rings is 1. The number of carboxylic acid groups (broad SMARTS) is 1. The highest BCUT2D eigenvalue weighted by Crippen LogP contribution is 2.31. The Morgan fingerprint density at radius 1 is 1.25 bits per heavy atom. The number of fused-ring (bicyclic) bond motifs is 1. The molecule has 0 unspecified atom stereocenters. The normalized spacial score (nSPS) is 10.8. The van der Waals surface area contributed by atoms with Crippen molar-refractivity contribution in [3.63, 3.8) is 0 Å². The van der Waals surface area contributed by atoms with E-state index in [4.69, 9.17) is 5.11 Å². The minimum absolute atomic E-state index is 0.411. The highest BCUT2D eigenvalue weighted by molar-refractivity contribution is 7.98. The van der Waals surface area contributed by atoms with Gasteiger partial charge in [0.05, 0.1) is 5.52 Å². The number of aromatic nitrogens is 1. The fourth-order valence-electron chi connectivity index (χ4n) is 2.00. The van der Waals surface area contributed by atoms with E-state index < -0.39 is 5.97 Å². The standard InChI is InChI=1S/C15H11NO2S2/c17-15(18)14-13(6-8-19-14)20-9-10-5-7-16-12-4-2-1-3-11(10)12/h1-8H,9H2,(H,17,18). The van der Waals surface area contributed by atoms with Crippen molar-refractivity contribution in [2.75, 3.05) is 0 Å². The number of para-hydroxylation sites is 1. The zero-order valence-corrected chi connectivity index (χ0v) is 12.1. The molecule has 0 saturated heterocycles. The first-order chi connectivity index (χ1) is 9.75. The van der Waals surface area contributed by atoms with Gasteiger partial charge in [-0.3, -0.25) is 4.98 Å². The summed E-state index contributed by atoms with van der Waals surface area (Å²) in [4.78, 5) is 16.7. The number of benzene rings is 1. The molecule has 0 aliphatic rings. The predicted octanol–water partition coefficient (Wildman–Crippen LogP) is 4.29. The first-order valence-corrected chi connectivity index (χ1v) is 7.88. The van der Waals surface area contributed by atoms with E-state index in [1.54, 1.807) is 18.0 Å². The summed E-state index contributed by atoms with van der Waals surface area (Å²) < 4.78 is 0. The van der Waals surface area contributed by atoms with Gasteiger partial charge in [0.2, 0.25) is 0 Å². The van der Waals surface area contributed by atoms with E-state index in [1.165, 1.54) is 16.9 Å². The molecule has 0 radical (unpaired) electrons. The van der Waals surface area contributed by atoms with Gasteiger partial charge >= 0.3 is 5.97 Å². The van der Waals surface area contributed by atoms with E-state index >= 15 is 0 Å². The number of pyridine rings is 1. The third-order valence-corrected chi connectivity index (χ3v) is 5.08. The lowest BCUT2D eigenvalue weighted by atomic mass is 10.1. The summed E-state index contributed by atoms with van der Waals surface area (Å²) in [5, 5.41) is 12.0. The van der Waals surface area contributed by atoms with Crippen LogP contribution in [0.25, 0.3) is 10.9 Å². The molecule has 20 heavy (non-hydrogen) atoms. The summed E-state index contributed by atoms with van der Waals surface area (Å²) in [5.41, 5.74) is 2.14. The van der Waals surface area contributed by atoms with Crippen molar-refractivity contribution >= 4 is 40.0 Å². The molecule has 0 spiro atoms. The molecule has 0 aliphatic carbocycles. The topological polar surface area (TPSA) is 50.2 Å². The number of nitrogens with zero attached hydrogens (tertiary/aromatic N) is 1. The molecule has 2 aromatic heterocycles.